The van der Waals surface area contributed by atoms with Crippen molar-refractivity contribution >= 4 is 15.8 Å². The lowest BCUT2D eigenvalue weighted by atomic mass is 10.2. The molecule has 3 N–H and O–H groups in total. The van der Waals surface area contributed by atoms with E-state index in [1.165, 1.54) is 12.1 Å². The molecule has 0 saturated carbocycles. The minimum Gasteiger partial charge on any atom is -0.320 e. The van der Waals surface area contributed by atoms with E-state index in [0.29, 0.717) is 11.4 Å². The maximum Gasteiger partial charge on any atom is 0.263 e. The molecule has 0 aliphatic rings. The Labute approximate surface area is 124 Å². The van der Waals surface area contributed by atoms with E-state index in [0.717, 1.165) is 5.56 Å². The Bertz CT molecular complexity index is 788. The van der Waals surface area contributed by atoms with Crippen molar-refractivity contribution in [2.24, 2.45) is 5.73 Å². The van der Waals surface area contributed by atoms with E-state index in [1.807, 2.05) is 6.92 Å². The summed E-state index contributed by atoms with van der Waals surface area (Å²) in [5, 5.41) is 0. The maximum atomic E-state index is 12.2. The Morgan fingerprint density at radius 3 is 2.57 bits per heavy atom. The van der Waals surface area contributed by atoms with Gasteiger partial charge in [0.05, 0.1) is 11.4 Å². The number of anilines is 1. The molecule has 0 unspecified atom stereocenters. The summed E-state index contributed by atoms with van der Waals surface area (Å²) in [4.78, 5) is 4.14. The highest BCUT2D eigenvalue weighted by molar-refractivity contribution is 7.92. The Kier molecular flexibility index (Phi) is 4.58. The Hall–Kier alpha value is -2.36. The van der Waals surface area contributed by atoms with Crippen LogP contribution in [0.4, 0.5) is 5.82 Å². The zero-order valence-electron chi connectivity index (χ0n) is 11.5. The standard InChI is InChI=1S/C15H15N3O2S/c1-12-8-10-17-15(11-12)18-21(19,20)14-6-4-13(5-7-14)3-2-9-16/h4-8,10-11H,9,16H2,1H3,(H,17,18). The van der Waals surface area contributed by atoms with Gasteiger partial charge in [-0.1, -0.05) is 11.8 Å². The fraction of sp³-hybridized carbons (Fsp3) is 0.133. The van der Waals surface area contributed by atoms with Crippen molar-refractivity contribution in [3.8, 4) is 11.8 Å². The lowest BCUT2D eigenvalue weighted by Crippen LogP contribution is -2.13. The second kappa shape index (κ2) is 6.39. The average Bonchev–Trinajstić information content (AvgIpc) is 2.45. The number of nitrogens with two attached hydrogens (primary N) is 1. The lowest BCUT2D eigenvalue weighted by Gasteiger charge is -2.07. The van der Waals surface area contributed by atoms with E-state index in [9.17, 15) is 8.42 Å². The highest BCUT2D eigenvalue weighted by Crippen LogP contribution is 2.15. The number of rotatable bonds is 3. The molecule has 0 aliphatic heterocycles. The van der Waals surface area contributed by atoms with Crippen molar-refractivity contribution in [1.82, 2.24) is 4.98 Å². The maximum absolute atomic E-state index is 12.2. The molecule has 21 heavy (non-hydrogen) atoms. The van der Waals surface area contributed by atoms with Gasteiger partial charge in [0.2, 0.25) is 0 Å². The number of hydrogen-bond donors (Lipinski definition) is 2. The van der Waals surface area contributed by atoms with Gasteiger partial charge in [-0.15, -0.1) is 0 Å². The van der Waals surface area contributed by atoms with Crippen LogP contribution in [0.2, 0.25) is 0 Å². The second-order valence-corrected chi connectivity index (χ2v) is 6.04. The first-order valence-corrected chi connectivity index (χ1v) is 7.74. The molecule has 6 heteroatoms. The van der Waals surface area contributed by atoms with Gasteiger partial charge in [0.25, 0.3) is 10.0 Å². The van der Waals surface area contributed by atoms with Crippen LogP contribution in [0, 0.1) is 18.8 Å². The molecule has 0 atom stereocenters. The number of nitrogens with zero attached hydrogens (tertiary/aromatic N) is 1. The van der Waals surface area contributed by atoms with Crippen LogP contribution in [-0.4, -0.2) is 19.9 Å². The largest absolute Gasteiger partial charge is 0.320 e. The molecule has 2 rings (SSSR count). The predicted molar refractivity (Wildman–Crippen MR) is 82.2 cm³/mol. The quantitative estimate of drug-likeness (QED) is 0.841. The van der Waals surface area contributed by atoms with Crippen LogP contribution in [0.25, 0.3) is 0 Å². The molecule has 2 aromatic rings. The van der Waals surface area contributed by atoms with Crippen molar-refractivity contribution in [1.29, 1.82) is 0 Å². The van der Waals surface area contributed by atoms with Gasteiger partial charge in [-0.2, -0.15) is 0 Å². The SMILES string of the molecule is Cc1ccnc(NS(=O)(=O)c2ccc(C#CCN)cc2)c1. The van der Waals surface area contributed by atoms with Crippen LogP contribution < -0.4 is 10.5 Å². The molecular formula is C15H15N3O2S. The summed E-state index contributed by atoms with van der Waals surface area (Å²) in [5.41, 5.74) is 6.93. The third-order valence-electron chi connectivity index (χ3n) is 2.65. The van der Waals surface area contributed by atoms with Crippen LogP contribution in [-0.2, 0) is 10.0 Å². The third kappa shape index (κ3) is 4.05. The normalized spacial score (nSPS) is 10.6. The summed E-state index contributed by atoms with van der Waals surface area (Å²) in [6.07, 6.45) is 1.55. The molecule has 0 spiro atoms. The molecule has 108 valence electrons. The van der Waals surface area contributed by atoms with Crippen molar-refractivity contribution in [3.63, 3.8) is 0 Å². The number of pyridine rings is 1. The van der Waals surface area contributed by atoms with Gasteiger partial charge < -0.3 is 5.73 Å². The number of benzene rings is 1. The van der Waals surface area contributed by atoms with Crippen molar-refractivity contribution in [2.75, 3.05) is 11.3 Å². The first-order chi connectivity index (χ1) is 10.0. The number of hydrogen-bond acceptors (Lipinski definition) is 4. The molecule has 1 aromatic heterocycles. The predicted octanol–water partition coefficient (Wildman–Crippen LogP) is 1.50. The smallest absolute Gasteiger partial charge is 0.263 e. The number of aryl methyl sites for hydroxylation is 1. The van der Waals surface area contributed by atoms with Gasteiger partial charge in [-0.3, -0.25) is 4.72 Å². The fourth-order valence-electron chi connectivity index (χ4n) is 1.66. The number of nitrogens with one attached hydrogen (secondary N) is 1. The van der Waals surface area contributed by atoms with Crippen molar-refractivity contribution in [2.45, 2.75) is 11.8 Å². The van der Waals surface area contributed by atoms with E-state index >= 15 is 0 Å². The van der Waals surface area contributed by atoms with E-state index < -0.39 is 10.0 Å². The van der Waals surface area contributed by atoms with Gasteiger partial charge >= 0.3 is 0 Å². The van der Waals surface area contributed by atoms with E-state index in [1.54, 1.807) is 30.5 Å². The van der Waals surface area contributed by atoms with Crippen LogP contribution >= 0.6 is 0 Å². The van der Waals surface area contributed by atoms with Crippen LogP contribution in [0.15, 0.2) is 47.5 Å². The summed E-state index contributed by atoms with van der Waals surface area (Å²) in [6, 6.07) is 9.74. The molecule has 5 nitrogen and oxygen atoms in total. The molecule has 0 aliphatic carbocycles. The van der Waals surface area contributed by atoms with E-state index in [4.69, 9.17) is 5.73 Å². The van der Waals surface area contributed by atoms with Gasteiger partial charge in [-0.05, 0) is 48.9 Å². The topological polar surface area (TPSA) is 85.1 Å². The molecule has 1 aromatic carbocycles. The molecule has 1 heterocycles. The minimum absolute atomic E-state index is 0.157. The summed E-state index contributed by atoms with van der Waals surface area (Å²) in [5.74, 6) is 5.84. The lowest BCUT2D eigenvalue weighted by molar-refractivity contribution is 0.601. The Morgan fingerprint density at radius 1 is 1.24 bits per heavy atom. The highest BCUT2D eigenvalue weighted by Gasteiger charge is 2.14. The molecule has 0 radical (unpaired) electrons. The monoisotopic (exact) mass is 301 g/mol. The molecule has 0 fully saturated rings. The Morgan fingerprint density at radius 2 is 1.95 bits per heavy atom. The van der Waals surface area contributed by atoms with Crippen molar-refractivity contribution in [3.05, 3.63) is 53.7 Å². The fourth-order valence-corrected chi connectivity index (χ4v) is 2.66. The van der Waals surface area contributed by atoms with Gasteiger partial charge in [0.1, 0.15) is 5.82 Å². The van der Waals surface area contributed by atoms with Crippen LogP contribution in [0.3, 0.4) is 0 Å². The van der Waals surface area contributed by atoms with E-state index in [-0.39, 0.29) is 11.4 Å². The Balaban J connectivity index is 2.23. The highest BCUT2D eigenvalue weighted by atomic mass is 32.2. The molecule has 0 saturated heterocycles. The van der Waals surface area contributed by atoms with Gasteiger partial charge in [0, 0.05) is 11.8 Å². The zero-order chi connectivity index (χ0) is 15.3. The minimum atomic E-state index is -3.65. The number of sulfonamides is 1. The summed E-state index contributed by atoms with van der Waals surface area (Å²) >= 11 is 0. The first-order valence-electron chi connectivity index (χ1n) is 6.26. The number of aromatic nitrogens is 1. The zero-order valence-corrected chi connectivity index (χ0v) is 12.3. The first kappa shape index (κ1) is 15.0. The third-order valence-corrected chi connectivity index (χ3v) is 4.02. The van der Waals surface area contributed by atoms with Crippen LogP contribution in [0.5, 0.6) is 0 Å². The van der Waals surface area contributed by atoms with Gasteiger partial charge in [-0.25, -0.2) is 13.4 Å². The summed E-state index contributed by atoms with van der Waals surface area (Å²) in [6.45, 7) is 2.13. The van der Waals surface area contributed by atoms with E-state index in [2.05, 4.69) is 21.5 Å². The molecule has 0 bridgehead atoms. The van der Waals surface area contributed by atoms with Crippen LogP contribution in [0.1, 0.15) is 11.1 Å². The van der Waals surface area contributed by atoms with Crippen molar-refractivity contribution < 1.29 is 8.42 Å². The molecular weight excluding hydrogens is 286 g/mol. The van der Waals surface area contributed by atoms with Gasteiger partial charge in [0.15, 0.2) is 0 Å². The second-order valence-electron chi connectivity index (χ2n) is 4.35. The summed E-state index contributed by atoms with van der Waals surface area (Å²) < 4.78 is 26.9. The summed E-state index contributed by atoms with van der Waals surface area (Å²) in [7, 11) is -3.65. The average molecular weight is 301 g/mol. The molecule has 0 amide bonds.